The molecule has 1 nitrogen and oxygen atoms in total. The monoisotopic (exact) mass is 142 g/mol. The SMILES string of the molecule is CCC(/C=C\[C@@H](C)O)CC. The Bertz CT molecular complexity index is 90.9. The molecule has 0 aliphatic carbocycles. The maximum atomic E-state index is 8.91. The standard InChI is InChI=1S/C9H18O/c1-4-9(5-2)7-6-8(3)10/h6-10H,4-5H2,1-3H3/b7-6-/t8-/m1/s1. The van der Waals surface area contributed by atoms with Gasteiger partial charge in [0.05, 0.1) is 6.10 Å². The fourth-order valence-corrected chi connectivity index (χ4v) is 0.879. The predicted molar refractivity (Wildman–Crippen MR) is 44.9 cm³/mol. The first-order valence-corrected chi connectivity index (χ1v) is 4.07. The molecule has 1 heteroatoms. The van der Waals surface area contributed by atoms with Gasteiger partial charge in [-0.3, -0.25) is 0 Å². The van der Waals surface area contributed by atoms with Gasteiger partial charge in [-0.15, -0.1) is 0 Å². The number of hydrogen-bond acceptors (Lipinski definition) is 1. The van der Waals surface area contributed by atoms with Crippen LogP contribution in [0.4, 0.5) is 0 Å². The molecule has 0 fully saturated rings. The molecule has 0 radical (unpaired) electrons. The zero-order chi connectivity index (χ0) is 7.98. The van der Waals surface area contributed by atoms with E-state index in [2.05, 4.69) is 19.9 Å². The van der Waals surface area contributed by atoms with Gasteiger partial charge in [0.1, 0.15) is 0 Å². The predicted octanol–water partition coefficient (Wildman–Crippen LogP) is 2.36. The van der Waals surface area contributed by atoms with E-state index in [4.69, 9.17) is 5.11 Å². The minimum Gasteiger partial charge on any atom is -0.389 e. The van der Waals surface area contributed by atoms with E-state index >= 15 is 0 Å². The van der Waals surface area contributed by atoms with Crippen molar-refractivity contribution in [3.05, 3.63) is 12.2 Å². The Morgan fingerprint density at radius 2 is 1.70 bits per heavy atom. The van der Waals surface area contributed by atoms with E-state index in [0.717, 1.165) is 0 Å². The van der Waals surface area contributed by atoms with E-state index in [-0.39, 0.29) is 6.10 Å². The summed E-state index contributed by atoms with van der Waals surface area (Å²) in [5, 5.41) is 8.91. The van der Waals surface area contributed by atoms with E-state index in [1.165, 1.54) is 12.8 Å². The van der Waals surface area contributed by atoms with Crippen molar-refractivity contribution in [1.82, 2.24) is 0 Å². The Labute approximate surface area is 63.8 Å². The lowest BCUT2D eigenvalue weighted by Gasteiger charge is -2.05. The summed E-state index contributed by atoms with van der Waals surface area (Å²) >= 11 is 0. The second-order valence-electron chi connectivity index (χ2n) is 2.70. The van der Waals surface area contributed by atoms with Crippen LogP contribution in [0.15, 0.2) is 12.2 Å². The molecular formula is C9H18O. The molecule has 0 unspecified atom stereocenters. The highest BCUT2D eigenvalue weighted by molar-refractivity contribution is 4.90. The van der Waals surface area contributed by atoms with Gasteiger partial charge in [-0.1, -0.05) is 26.0 Å². The highest BCUT2D eigenvalue weighted by Gasteiger charge is 1.96. The molecule has 1 N–H and O–H groups in total. The van der Waals surface area contributed by atoms with Crippen molar-refractivity contribution in [2.24, 2.45) is 5.92 Å². The van der Waals surface area contributed by atoms with Crippen molar-refractivity contribution in [1.29, 1.82) is 0 Å². The van der Waals surface area contributed by atoms with Gasteiger partial charge in [-0.2, -0.15) is 0 Å². The average Bonchev–Trinajstić information content (AvgIpc) is 1.90. The summed E-state index contributed by atoms with van der Waals surface area (Å²) in [6.07, 6.45) is 6.00. The third-order valence-electron chi connectivity index (χ3n) is 1.71. The fraction of sp³-hybridized carbons (Fsp3) is 0.778. The topological polar surface area (TPSA) is 20.2 Å². The minimum absolute atomic E-state index is 0.291. The van der Waals surface area contributed by atoms with Crippen LogP contribution in [-0.4, -0.2) is 11.2 Å². The molecule has 1 atom stereocenters. The molecule has 0 aliphatic rings. The van der Waals surface area contributed by atoms with Crippen LogP contribution in [-0.2, 0) is 0 Å². The maximum absolute atomic E-state index is 8.91. The molecule has 0 heterocycles. The van der Waals surface area contributed by atoms with Crippen LogP contribution in [0.25, 0.3) is 0 Å². The first kappa shape index (κ1) is 9.70. The molecule has 0 saturated heterocycles. The lowest BCUT2D eigenvalue weighted by Crippen LogP contribution is -1.96. The largest absolute Gasteiger partial charge is 0.389 e. The average molecular weight is 142 g/mol. The third kappa shape index (κ3) is 4.57. The molecule has 0 bridgehead atoms. The molecule has 0 rings (SSSR count). The second-order valence-corrected chi connectivity index (χ2v) is 2.70. The van der Waals surface area contributed by atoms with Crippen LogP contribution >= 0.6 is 0 Å². The number of aliphatic hydroxyl groups excluding tert-OH is 1. The lowest BCUT2D eigenvalue weighted by atomic mass is 10.0. The van der Waals surface area contributed by atoms with Crippen LogP contribution in [0.5, 0.6) is 0 Å². The van der Waals surface area contributed by atoms with Crippen molar-refractivity contribution < 1.29 is 5.11 Å². The molecule has 0 amide bonds. The summed E-state index contributed by atoms with van der Waals surface area (Å²) in [7, 11) is 0. The van der Waals surface area contributed by atoms with Crippen LogP contribution < -0.4 is 0 Å². The van der Waals surface area contributed by atoms with E-state index in [1.807, 2.05) is 6.08 Å². The molecule has 0 aliphatic heterocycles. The molecule has 0 aromatic carbocycles. The van der Waals surface area contributed by atoms with Gasteiger partial charge in [0.2, 0.25) is 0 Å². The van der Waals surface area contributed by atoms with E-state index < -0.39 is 0 Å². The lowest BCUT2D eigenvalue weighted by molar-refractivity contribution is 0.243. The van der Waals surface area contributed by atoms with Gasteiger partial charge in [-0.05, 0) is 25.7 Å². The van der Waals surface area contributed by atoms with Gasteiger partial charge in [0.15, 0.2) is 0 Å². The summed E-state index contributed by atoms with van der Waals surface area (Å²) in [4.78, 5) is 0. The zero-order valence-corrected chi connectivity index (χ0v) is 7.17. The van der Waals surface area contributed by atoms with Crippen LogP contribution in [0, 0.1) is 5.92 Å². The maximum Gasteiger partial charge on any atom is 0.0692 e. The van der Waals surface area contributed by atoms with Gasteiger partial charge in [-0.25, -0.2) is 0 Å². The third-order valence-corrected chi connectivity index (χ3v) is 1.71. The first-order valence-electron chi connectivity index (χ1n) is 4.07. The van der Waals surface area contributed by atoms with Crippen molar-refractivity contribution in [3.63, 3.8) is 0 Å². The summed E-state index contributed by atoms with van der Waals surface area (Å²) < 4.78 is 0. The van der Waals surface area contributed by atoms with Crippen LogP contribution in [0.2, 0.25) is 0 Å². The van der Waals surface area contributed by atoms with Gasteiger partial charge < -0.3 is 5.11 Å². The van der Waals surface area contributed by atoms with E-state index in [9.17, 15) is 0 Å². The molecule has 60 valence electrons. The fourth-order valence-electron chi connectivity index (χ4n) is 0.879. The zero-order valence-electron chi connectivity index (χ0n) is 7.17. The van der Waals surface area contributed by atoms with Crippen molar-refractivity contribution in [2.75, 3.05) is 0 Å². The highest BCUT2D eigenvalue weighted by Crippen LogP contribution is 2.08. The molecular weight excluding hydrogens is 124 g/mol. The second kappa shape index (κ2) is 5.48. The summed E-state index contributed by atoms with van der Waals surface area (Å²) in [6, 6.07) is 0. The minimum atomic E-state index is -0.291. The van der Waals surface area contributed by atoms with Gasteiger partial charge in [0.25, 0.3) is 0 Å². The Morgan fingerprint density at radius 3 is 2.00 bits per heavy atom. The van der Waals surface area contributed by atoms with Gasteiger partial charge in [0, 0.05) is 0 Å². The summed E-state index contributed by atoms with van der Waals surface area (Å²) in [5.74, 6) is 0.648. The summed E-state index contributed by atoms with van der Waals surface area (Å²) in [6.45, 7) is 6.11. The number of aliphatic hydroxyl groups is 1. The molecule has 0 spiro atoms. The Hall–Kier alpha value is -0.300. The number of allylic oxidation sites excluding steroid dienone is 1. The van der Waals surface area contributed by atoms with Gasteiger partial charge >= 0.3 is 0 Å². The molecule has 0 aromatic rings. The number of hydrogen-bond donors (Lipinski definition) is 1. The molecule has 10 heavy (non-hydrogen) atoms. The Morgan fingerprint density at radius 1 is 1.20 bits per heavy atom. The van der Waals surface area contributed by atoms with Crippen molar-refractivity contribution in [2.45, 2.75) is 39.7 Å². The van der Waals surface area contributed by atoms with Crippen molar-refractivity contribution >= 4 is 0 Å². The van der Waals surface area contributed by atoms with Crippen LogP contribution in [0.3, 0.4) is 0 Å². The summed E-state index contributed by atoms with van der Waals surface area (Å²) in [5.41, 5.74) is 0. The quantitative estimate of drug-likeness (QED) is 0.597. The molecule has 0 aromatic heterocycles. The molecule has 0 saturated carbocycles. The Kier molecular flexibility index (Phi) is 5.32. The van der Waals surface area contributed by atoms with Crippen LogP contribution in [0.1, 0.15) is 33.6 Å². The van der Waals surface area contributed by atoms with E-state index in [0.29, 0.717) is 5.92 Å². The Balaban J connectivity index is 3.61. The first-order chi connectivity index (χ1) is 4.70. The highest BCUT2D eigenvalue weighted by atomic mass is 16.3. The van der Waals surface area contributed by atoms with Crippen molar-refractivity contribution in [3.8, 4) is 0 Å². The number of rotatable bonds is 4. The van der Waals surface area contributed by atoms with E-state index in [1.54, 1.807) is 6.92 Å². The smallest absolute Gasteiger partial charge is 0.0692 e. The normalized spacial score (nSPS) is 14.9.